The minimum Gasteiger partial charge on any atom is -0.339 e. The van der Waals surface area contributed by atoms with Gasteiger partial charge in [-0.15, -0.1) is 0 Å². The molecule has 7 heteroatoms. The molecule has 0 spiro atoms. The van der Waals surface area contributed by atoms with Gasteiger partial charge in [0.05, 0.1) is 17.9 Å². The molecule has 2 aromatic carbocycles. The average molecular weight is 380 g/mol. The third-order valence-corrected chi connectivity index (χ3v) is 4.91. The number of fused-ring (bicyclic) bond motifs is 1. The number of nitrogens with one attached hydrogen (secondary N) is 1. The Morgan fingerprint density at radius 3 is 2.67 bits per heavy atom. The van der Waals surface area contributed by atoms with Crippen LogP contribution in [0, 0.1) is 0 Å². The van der Waals surface area contributed by atoms with Gasteiger partial charge in [0.15, 0.2) is 5.65 Å². The summed E-state index contributed by atoms with van der Waals surface area (Å²) in [4.78, 5) is 22.0. The fraction of sp³-hybridized carbons (Fsp3) is 0.150. The van der Waals surface area contributed by atoms with Crippen LogP contribution in [-0.4, -0.2) is 26.8 Å². The van der Waals surface area contributed by atoms with Crippen molar-refractivity contribution in [1.29, 1.82) is 0 Å². The minimum absolute atomic E-state index is 0.0302. The van der Waals surface area contributed by atoms with Gasteiger partial charge in [0.1, 0.15) is 5.39 Å². The van der Waals surface area contributed by atoms with Crippen LogP contribution in [0.15, 0.2) is 65.6 Å². The second-order valence-corrected chi connectivity index (χ2v) is 6.80. The maximum atomic E-state index is 12.6. The molecule has 27 heavy (non-hydrogen) atoms. The average Bonchev–Trinajstić information content (AvgIpc) is 3.12. The lowest BCUT2D eigenvalue weighted by Crippen LogP contribution is -2.26. The van der Waals surface area contributed by atoms with Gasteiger partial charge < -0.3 is 4.90 Å². The third-order valence-electron chi connectivity index (χ3n) is 4.67. The molecule has 136 valence electrons. The SMILES string of the molecule is CC(c1cccc(Cl)c1)N(C)c1nc2c(cnn2-c2ccccc2)c(=O)[nH]1. The molecule has 0 fully saturated rings. The first-order chi connectivity index (χ1) is 13.0. The molecule has 0 amide bonds. The van der Waals surface area contributed by atoms with Gasteiger partial charge in [-0.05, 0) is 36.8 Å². The fourth-order valence-corrected chi connectivity index (χ4v) is 3.20. The standard InChI is InChI=1S/C20H18ClN5O/c1-13(14-7-6-8-15(21)11-14)25(2)20-23-18-17(19(27)24-20)12-22-26(18)16-9-4-3-5-10-16/h3-13H,1-2H3,(H,23,24,27). The smallest absolute Gasteiger partial charge is 0.263 e. The Labute approximate surface area is 161 Å². The Kier molecular flexibility index (Phi) is 4.41. The Balaban J connectivity index is 1.79. The third kappa shape index (κ3) is 3.19. The molecule has 0 saturated carbocycles. The van der Waals surface area contributed by atoms with Crippen LogP contribution < -0.4 is 10.5 Å². The highest BCUT2D eigenvalue weighted by atomic mass is 35.5. The van der Waals surface area contributed by atoms with Crippen molar-refractivity contribution in [2.75, 3.05) is 11.9 Å². The second-order valence-electron chi connectivity index (χ2n) is 6.36. The molecule has 0 bridgehead atoms. The van der Waals surface area contributed by atoms with Gasteiger partial charge in [0, 0.05) is 12.1 Å². The predicted octanol–water partition coefficient (Wildman–Crippen LogP) is 3.96. The molecule has 0 saturated heterocycles. The zero-order valence-corrected chi connectivity index (χ0v) is 15.7. The molecule has 2 aromatic heterocycles. The van der Waals surface area contributed by atoms with Crippen LogP contribution in [0.25, 0.3) is 16.7 Å². The number of halogens is 1. The van der Waals surface area contributed by atoms with E-state index in [2.05, 4.69) is 15.1 Å². The van der Waals surface area contributed by atoms with E-state index in [0.29, 0.717) is 22.0 Å². The van der Waals surface area contributed by atoms with E-state index in [4.69, 9.17) is 11.6 Å². The maximum Gasteiger partial charge on any atom is 0.263 e. The lowest BCUT2D eigenvalue weighted by Gasteiger charge is -2.25. The van der Waals surface area contributed by atoms with Crippen molar-refractivity contribution in [2.24, 2.45) is 0 Å². The lowest BCUT2D eigenvalue weighted by molar-refractivity contribution is 0.714. The Morgan fingerprint density at radius 2 is 1.93 bits per heavy atom. The van der Waals surface area contributed by atoms with Crippen LogP contribution in [0.5, 0.6) is 0 Å². The molecule has 2 heterocycles. The summed E-state index contributed by atoms with van der Waals surface area (Å²) in [5.74, 6) is 0.470. The fourth-order valence-electron chi connectivity index (χ4n) is 3.01. The zero-order chi connectivity index (χ0) is 19.0. The quantitative estimate of drug-likeness (QED) is 0.582. The first-order valence-corrected chi connectivity index (χ1v) is 8.94. The maximum absolute atomic E-state index is 12.6. The summed E-state index contributed by atoms with van der Waals surface area (Å²) in [5, 5.41) is 5.46. The number of para-hydroxylation sites is 1. The molecule has 4 rings (SSSR count). The predicted molar refractivity (Wildman–Crippen MR) is 108 cm³/mol. The number of aromatic amines is 1. The van der Waals surface area contributed by atoms with Crippen molar-refractivity contribution in [2.45, 2.75) is 13.0 Å². The number of aromatic nitrogens is 4. The van der Waals surface area contributed by atoms with Gasteiger partial charge in [-0.2, -0.15) is 10.1 Å². The molecule has 4 aromatic rings. The van der Waals surface area contributed by atoms with Crippen LogP contribution >= 0.6 is 11.6 Å². The van der Waals surface area contributed by atoms with Crippen LogP contribution in [-0.2, 0) is 0 Å². The van der Waals surface area contributed by atoms with Crippen molar-refractivity contribution in [3.05, 3.63) is 81.7 Å². The van der Waals surface area contributed by atoms with Crippen LogP contribution in [0.1, 0.15) is 18.5 Å². The van der Waals surface area contributed by atoms with Gasteiger partial charge in [-0.25, -0.2) is 4.68 Å². The van der Waals surface area contributed by atoms with E-state index < -0.39 is 0 Å². The number of rotatable bonds is 4. The molecule has 0 aliphatic heterocycles. The van der Waals surface area contributed by atoms with Crippen LogP contribution in [0.2, 0.25) is 5.02 Å². The first kappa shape index (κ1) is 17.3. The molecule has 1 unspecified atom stereocenters. The Bertz CT molecular complexity index is 1150. The largest absolute Gasteiger partial charge is 0.339 e. The van der Waals surface area contributed by atoms with E-state index >= 15 is 0 Å². The Hall–Kier alpha value is -3.12. The summed E-state index contributed by atoms with van der Waals surface area (Å²) in [7, 11) is 1.89. The van der Waals surface area contributed by atoms with Crippen molar-refractivity contribution >= 4 is 28.6 Å². The summed E-state index contributed by atoms with van der Waals surface area (Å²) >= 11 is 6.11. The highest BCUT2D eigenvalue weighted by Crippen LogP contribution is 2.25. The second kappa shape index (κ2) is 6.89. The van der Waals surface area contributed by atoms with E-state index in [1.54, 1.807) is 10.9 Å². The summed E-state index contributed by atoms with van der Waals surface area (Å²) in [5.41, 5.74) is 2.18. The van der Waals surface area contributed by atoms with Gasteiger partial charge in [0.2, 0.25) is 5.95 Å². The molecule has 0 radical (unpaired) electrons. The number of nitrogens with zero attached hydrogens (tertiary/aromatic N) is 4. The number of hydrogen-bond acceptors (Lipinski definition) is 4. The summed E-state index contributed by atoms with van der Waals surface area (Å²) in [6, 6.07) is 17.2. The summed E-state index contributed by atoms with van der Waals surface area (Å²) < 4.78 is 1.67. The molecule has 0 aliphatic rings. The molecular weight excluding hydrogens is 362 g/mol. The highest BCUT2D eigenvalue weighted by Gasteiger charge is 2.18. The number of hydrogen-bond donors (Lipinski definition) is 1. The van der Waals surface area contributed by atoms with Gasteiger partial charge >= 0.3 is 0 Å². The first-order valence-electron chi connectivity index (χ1n) is 8.56. The van der Waals surface area contributed by atoms with E-state index in [-0.39, 0.29) is 11.6 Å². The number of benzene rings is 2. The summed E-state index contributed by atoms with van der Waals surface area (Å²) in [6.45, 7) is 2.03. The van der Waals surface area contributed by atoms with E-state index in [1.165, 1.54) is 0 Å². The normalized spacial score (nSPS) is 12.3. The van der Waals surface area contributed by atoms with E-state index in [9.17, 15) is 4.79 Å². The monoisotopic (exact) mass is 379 g/mol. The molecule has 6 nitrogen and oxygen atoms in total. The Morgan fingerprint density at radius 1 is 1.15 bits per heavy atom. The van der Waals surface area contributed by atoms with Gasteiger partial charge in [-0.1, -0.05) is 41.9 Å². The summed E-state index contributed by atoms with van der Waals surface area (Å²) in [6.07, 6.45) is 1.54. The number of H-pyrrole nitrogens is 1. The molecular formula is C20H18ClN5O. The van der Waals surface area contributed by atoms with E-state index in [1.807, 2.05) is 73.5 Å². The van der Waals surface area contributed by atoms with Crippen LogP contribution in [0.3, 0.4) is 0 Å². The molecule has 1 atom stereocenters. The van der Waals surface area contributed by atoms with Crippen molar-refractivity contribution in [3.63, 3.8) is 0 Å². The molecule has 1 N–H and O–H groups in total. The van der Waals surface area contributed by atoms with Crippen molar-refractivity contribution in [1.82, 2.24) is 19.7 Å². The van der Waals surface area contributed by atoms with Gasteiger partial charge in [-0.3, -0.25) is 9.78 Å². The van der Waals surface area contributed by atoms with E-state index in [0.717, 1.165) is 11.3 Å². The zero-order valence-electron chi connectivity index (χ0n) is 14.9. The minimum atomic E-state index is -0.220. The van der Waals surface area contributed by atoms with Crippen molar-refractivity contribution < 1.29 is 0 Å². The highest BCUT2D eigenvalue weighted by molar-refractivity contribution is 6.30. The number of anilines is 1. The topological polar surface area (TPSA) is 66.8 Å². The van der Waals surface area contributed by atoms with Crippen molar-refractivity contribution in [3.8, 4) is 5.69 Å². The lowest BCUT2D eigenvalue weighted by atomic mass is 10.1. The van der Waals surface area contributed by atoms with Crippen LogP contribution in [0.4, 0.5) is 5.95 Å². The van der Waals surface area contributed by atoms with Gasteiger partial charge in [0.25, 0.3) is 5.56 Å². The molecule has 0 aliphatic carbocycles.